The molecule has 0 saturated carbocycles. The molecule has 7 heteroatoms. The van der Waals surface area contributed by atoms with Gasteiger partial charge in [0.2, 0.25) is 0 Å². The van der Waals surface area contributed by atoms with Gasteiger partial charge in [-0.3, -0.25) is 0 Å². The molecule has 2 N–H and O–H groups in total. The molecule has 0 radical (unpaired) electrons. The summed E-state index contributed by atoms with van der Waals surface area (Å²) < 4.78 is 27.9. The van der Waals surface area contributed by atoms with Crippen molar-refractivity contribution in [1.29, 1.82) is 0 Å². The van der Waals surface area contributed by atoms with Crippen molar-refractivity contribution in [3.8, 4) is 5.69 Å². The third kappa shape index (κ3) is 1.67. The van der Waals surface area contributed by atoms with E-state index in [4.69, 9.17) is 5.73 Å². The fourth-order valence-electron chi connectivity index (χ4n) is 1.24. The van der Waals surface area contributed by atoms with Crippen molar-refractivity contribution in [2.45, 2.75) is 6.92 Å². The van der Waals surface area contributed by atoms with Gasteiger partial charge in [0.25, 0.3) is 0 Å². The molecule has 4 nitrogen and oxygen atoms in total. The summed E-state index contributed by atoms with van der Waals surface area (Å²) in [5, 5.41) is 7.28. The van der Waals surface area contributed by atoms with Crippen molar-refractivity contribution in [3.63, 3.8) is 0 Å². The predicted molar refractivity (Wildman–Crippen MR) is 58.1 cm³/mol. The second-order valence-electron chi connectivity index (χ2n) is 3.19. The molecule has 0 unspecified atom stereocenters. The largest absolute Gasteiger partial charge is 0.381 e. The molecule has 1 aromatic carbocycles. The molecule has 84 valence electrons. The Morgan fingerprint density at radius 3 is 2.56 bits per heavy atom. The molecular weight excluding hydrogens is 282 g/mol. The number of nitrogens with zero attached hydrogens (tertiary/aromatic N) is 3. The number of anilines is 1. The normalized spacial score (nSPS) is 10.8. The van der Waals surface area contributed by atoms with E-state index in [1.807, 2.05) is 0 Å². The van der Waals surface area contributed by atoms with Gasteiger partial charge in [0.05, 0.1) is 10.2 Å². The number of halogens is 3. The minimum atomic E-state index is -0.728. The van der Waals surface area contributed by atoms with Crippen LogP contribution in [0.5, 0.6) is 0 Å². The Morgan fingerprint density at radius 1 is 1.31 bits per heavy atom. The van der Waals surface area contributed by atoms with Crippen LogP contribution >= 0.6 is 15.9 Å². The standard InChI is InChI=1S/C9H7BrF2N4/c1-4-9(13)14-15-16(4)8-2-5(10)6(11)3-7(8)12/h2-3H,13H2,1H3. The van der Waals surface area contributed by atoms with Gasteiger partial charge in [0, 0.05) is 6.07 Å². The maximum atomic E-state index is 13.5. The summed E-state index contributed by atoms with van der Waals surface area (Å²) in [6.07, 6.45) is 0. The first-order valence-electron chi connectivity index (χ1n) is 4.33. The summed E-state index contributed by atoms with van der Waals surface area (Å²) in [6, 6.07) is 2.06. The molecule has 1 heterocycles. The van der Waals surface area contributed by atoms with Crippen LogP contribution in [0.1, 0.15) is 5.69 Å². The molecular formula is C9H7BrF2N4. The van der Waals surface area contributed by atoms with E-state index in [9.17, 15) is 8.78 Å². The highest BCUT2D eigenvalue weighted by molar-refractivity contribution is 9.10. The molecule has 1 aromatic heterocycles. The minimum absolute atomic E-state index is 0.0926. The Bertz CT molecular complexity index is 553. The van der Waals surface area contributed by atoms with Crippen LogP contribution in [-0.2, 0) is 0 Å². The predicted octanol–water partition coefficient (Wildman–Crippen LogP) is 2.20. The number of nitrogens with two attached hydrogens (primary N) is 1. The van der Waals surface area contributed by atoms with Crippen molar-refractivity contribution in [1.82, 2.24) is 15.0 Å². The van der Waals surface area contributed by atoms with Crippen LogP contribution in [0.15, 0.2) is 16.6 Å². The third-order valence-electron chi connectivity index (χ3n) is 2.15. The van der Waals surface area contributed by atoms with Crippen LogP contribution in [0.4, 0.5) is 14.6 Å². The van der Waals surface area contributed by atoms with Gasteiger partial charge >= 0.3 is 0 Å². The molecule has 2 aromatic rings. The second kappa shape index (κ2) is 3.82. The molecule has 0 aliphatic rings. The highest BCUT2D eigenvalue weighted by atomic mass is 79.9. The highest BCUT2D eigenvalue weighted by Gasteiger charge is 2.14. The van der Waals surface area contributed by atoms with Crippen LogP contribution in [0, 0.1) is 18.6 Å². The first-order valence-corrected chi connectivity index (χ1v) is 5.12. The Kier molecular flexibility index (Phi) is 2.63. The van der Waals surface area contributed by atoms with Gasteiger partial charge in [-0.1, -0.05) is 5.21 Å². The van der Waals surface area contributed by atoms with Crippen molar-refractivity contribution in [2.24, 2.45) is 0 Å². The number of benzene rings is 1. The molecule has 0 saturated heterocycles. The second-order valence-corrected chi connectivity index (χ2v) is 4.04. The maximum Gasteiger partial charge on any atom is 0.169 e. The van der Waals surface area contributed by atoms with Gasteiger partial charge in [-0.15, -0.1) is 5.10 Å². The monoisotopic (exact) mass is 288 g/mol. The molecule has 0 aliphatic carbocycles. The van der Waals surface area contributed by atoms with Crippen molar-refractivity contribution in [3.05, 3.63) is 33.9 Å². The van der Waals surface area contributed by atoms with Crippen molar-refractivity contribution >= 4 is 21.7 Å². The van der Waals surface area contributed by atoms with E-state index < -0.39 is 11.6 Å². The lowest BCUT2D eigenvalue weighted by Gasteiger charge is -2.05. The smallest absolute Gasteiger partial charge is 0.169 e. The minimum Gasteiger partial charge on any atom is -0.381 e. The third-order valence-corrected chi connectivity index (χ3v) is 2.76. The van der Waals surface area contributed by atoms with E-state index in [2.05, 4.69) is 26.2 Å². The Labute approximate surface area is 98.2 Å². The maximum absolute atomic E-state index is 13.5. The molecule has 0 atom stereocenters. The van der Waals surface area contributed by atoms with E-state index in [0.717, 1.165) is 6.07 Å². The summed E-state index contributed by atoms with van der Waals surface area (Å²) in [5.74, 6) is -1.19. The molecule has 2 rings (SSSR count). The fraction of sp³-hybridized carbons (Fsp3) is 0.111. The van der Waals surface area contributed by atoms with E-state index in [1.54, 1.807) is 6.92 Å². The zero-order valence-corrected chi connectivity index (χ0v) is 9.79. The van der Waals surface area contributed by atoms with Crippen molar-refractivity contribution < 1.29 is 8.78 Å². The molecule has 0 bridgehead atoms. The van der Waals surface area contributed by atoms with Gasteiger partial charge in [-0.05, 0) is 28.9 Å². The quantitative estimate of drug-likeness (QED) is 0.819. The molecule has 16 heavy (non-hydrogen) atoms. The summed E-state index contributed by atoms with van der Waals surface area (Å²) in [5.41, 5.74) is 6.08. The van der Waals surface area contributed by atoms with Crippen LogP contribution in [0.25, 0.3) is 5.69 Å². The van der Waals surface area contributed by atoms with E-state index in [1.165, 1.54) is 10.7 Å². The van der Waals surface area contributed by atoms with Gasteiger partial charge in [-0.25, -0.2) is 13.5 Å². The molecule has 0 aliphatic heterocycles. The topological polar surface area (TPSA) is 56.7 Å². The van der Waals surface area contributed by atoms with Gasteiger partial charge in [0.1, 0.15) is 11.5 Å². The Balaban J connectivity index is 2.65. The highest BCUT2D eigenvalue weighted by Crippen LogP contribution is 2.23. The summed E-state index contributed by atoms with van der Waals surface area (Å²) in [7, 11) is 0. The van der Waals surface area contributed by atoms with Gasteiger partial charge < -0.3 is 5.73 Å². The summed E-state index contributed by atoms with van der Waals surface area (Å²) in [6.45, 7) is 1.64. The zero-order chi connectivity index (χ0) is 11.9. The summed E-state index contributed by atoms with van der Waals surface area (Å²) in [4.78, 5) is 0. The van der Waals surface area contributed by atoms with Crippen LogP contribution < -0.4 is 5.73 Å². The lowest BCUT2D eigenvalue weighted by atomic mass is 10.3. The average Bonchev–Trinajstić information content (AvgIpc) is 2.54. The van der Waals surface area contributed by atoms with E-state index >= 15 is 0 Å². The van der Waals surface area contributed by atoms with Gasteiger partial charge in [0.15, 0.2) is 11.6 Å². The molecule has 0 fully saturated rings. The summed E-state index contributed by atoms with van der Waals surface area (Å²) >= 11 is 2.97. The first-order chi connectivity index (χ1) is 7.50. The van der Waals surface area contributed by atoms with E-state index in [0.29, 0.717) is 5.69 Å². The number of nitrogen functional groups attached to an aromatic ring is 1. The number of aromatic nitrogens is 3. The van der Waals surface area contributed by atoms with Crippen LogP contribution in [0.2, 0.25) is 0 Å². The number of hydrogen-bond donors (Lipinski definition) is 1. The first kappa shape index (κ1) is 11.0. The van der Waals surface area contributed by atoms with Crippen molar-refractivity contribution in [2.75, 3.05) is 5.73 Å². The zero-order valence-electron chi connectivity index (χ0n) is 8.21. The van der Waals surface area contributed by atoms with Crippen LogP contribution in [0.3, 0.4) is 0 Å². The van der Waals surface area contributed by atoms with E-state index in [-0.39, 0.29) is 16.0 Å². The van der Waals surface area contributed by atoms with Crippen LogP contribution in [-0.4, -0.2) is 15.0 Å². The Hall–Kier alpha value is -1.50. The number of hydrogen-bond acceptors (Lipinski definition) is 3. The lowest BCUT2D eigenvalue weighted by molar-refractivity contribution is 0.566. The molecule has 0 amide bonds. The number of rotatable bonds is 1. The fourth-order valence-corrected chi connectivity index (χ4v) is 1.58. The Morgan fingerprint density at radius 2 is 2.00 bits per heavy atom. The van der Waals surface area contributed by atoms with Gasteiger partial charge in [-0.2, -0.15) is 0 Å². The lowest BCUT2D eigenvalue weighted by Crippen LogP contribution is -2.03. The average molecular weight is 289 g/mol. The molecule has 0 spiro atoms. The SMILES string of the molecule is Cc1c(N)nnn1-c1cc(Br)c(F)cc1F.